The minimum atomic E-state index is -4.20. The zero-order valence-electron chi connectivity index (χ0n) is 12.9. The fourth-order valence-electron chi connectivity index (χ4n) is 2.02. The number of hydrogen-bond donors (Lipinski definition) is 2. The molecule has 0 saturated carbocycles. The van der Waals surface area contributed by atoms with E-state index in [4.69, 9.17) is 0 Å². The van der Waals surface area contributed by atoms with Gasteiger partial charge in [-0.15, -0.1) is 0 Å². The summed E-state index contributed by atoms with van der Waals surface area (Å²) in [5.41, 5.74) is 3.92. The van der Waals surface area contributed by atoms with Crippen molar-refractivity contribution in [1.29, 1.82) is 0 Å². The van der Waals surface area contributed by atoms with E-state index in [9.17, 15) is 17.8 Å². The van der Waals surface area contributed by atoms with Crippen LogP contribution in [-0.4, -0.2) is 37.7 Å². The van der Waals surface area contributed by atoms with Gasteiger partial charge in [-0.25, -0.2) is 8.42 Å². The van der Waals surface area contributed by atoms with Crippen LogP contribution < -0.4 is 45.3 Å². The molecule has 2 N–H and O–H groups in total. The van der Waals surface area contributed by atoms with Crippen LogP contribution in [0.2, 0.25) is 0 Å². The van der Waals surface area contributed by atoms with E-state index < -0.39 is 21.3 Å². The zero-order valence-corrected chi connectivity index (χ0v) is 15.7. The first-order valence-corrected chi connectivity index (χ1v) is 8.11. The maximum atomic E-state index is 11.7. The Labute approximate surface area is 152 Å². The van der Waals surface area contributed by atoms with Gasteiger partial charge in [-0.3, -0.25) is 15.2 Å². The molecule has 1 aromatic carbocycles. The normalized spacial score (nSPS) is 16.9. The average molecular weight is 335 g/mol. The number of anilines is 2. The molecule has 22 heavy (non-hydrogen) atoms. The Morgan fingerprint density at radius 1 is 1.32 bits per heavy atom. The predicted octanol–water partition coefficient (Wildman–Crippen LogP) is -2.47. The summed E-state index contributed by atoms with van der Waals surface area (Å²) in [4.78, 5) is 11.7. The van der Waals surface area contributed by atoms with E-state index in [0.717, 1.165) is 5.69 Å². The van der Waals surface area contributed by atoms with Gasteiger partial charge in [0.25, 0.3) is 0 Å². The van der Waals surface area contributed by atoms with Crippen LogP contribution in [0.1, 0.15) is 13.8 Å². The third kappa shape index (κ3) is 5.13. The van der Waals surface area contributed by atoms with Crippen molar-refractivity contribution < 1.29 is 47.3 Å². The van der Waals surface area contributed by atoms with E-state index in [1.165, 1.54) is 0 Å². The molecule has 1 aliphatic heterocycles. The van der Waals surface area contributed by atoms with Crippen LogP contribution in [0.25, 0.3) is 0 Å². The topological polar surface area (TPSA) is 102 Å². The average Bonchev–Trinajstić information content (AvgIpc) is 2.63. The van der Waals surface area contributed by atoms with Crippen LogP contribution in [0.3, 0.4) is 0 Å². The number of amides is 1. The fraction of sp³-hybridized carbons (Fsp3) is 0.462. The van der Waals surface area contributed by atoms with Crippen molar-refractivity contribution in [2.24, 2.45) is 5.41 Å². The molecular formula is C13H18N3NaO4S. The molecule has 0 bridgehead atoms. The van der Waals surface area contributed by atoms with E-state index in [-0.39, 0.29) is 42.0 Å². The van der Waals surface area contributed by atoms with Crippen molar-refractivity contribution in [2.45, 2.75) is 13.8 Å². The van der Waals surface area contributed by atoms with Gasteiger partial charge in [0.2, 0.25) is 5.91 Å². The van der Waals surface area contributed by atoms with E-state index in [1.54, 1.807) is 17.1 Å². The second kappa shape index (κ2) is 7.18. The van der Waals surface area contributed by atoms with Crippen molar-refractivity contribution >= 4 is 27.4 Å². The van der Waals surface area contributed by atoms with Gasteiger partial charge in [0.1, 0.15) is 0 Å². The van der Waals surface area contributed by atoms with Crippen molar-refractivity contribution in [3.63, 3.8) is 0 Å². The fourth-order valence-corrected chi connectivity index (χ4v) is 2.37. The summed E-state index contributed by atoms with van der Waals surface area (Å²) in [6, 6.07) is 7.17. The summed E-state index contributed by atoms with van der Waals surface area (Å²) in [7, 11) is -4.20. The minimum absolute atomic E-state index is 0. The van der Waals surface area contributed by atoms with Crippen LogP contribution in [-0.2, 0) is 14.9 Å². The number of benzene rings is 1. The first-order chi connectivity index (χ1) is 9.67. The van der Waals surface area contributed by atoms with Crippen LogP contribution in [0.4, 0.5) is 11.4 Å². The summed E-state index contributed by atoms with van der Waals surface area (Å²) < 4.78 is 31.5. The number of hydrogen-bond acceptors (Lipinski definition) is 6. The quantitative estimate of drug-likeness (QED) is 0.457. The zero-order chi connectivity index (χ0) is 15.7. The molecule has 0 spiro atoms. The van der Waals surface area contributed by atoms with Crippen molar-refractivity contribution in [2.75, 3.05) is 29.2 Å². The van der Waals surface area contributed by atoms with Gasteiger partial charge in [0, 0.05) is 12.2 Å². The number of nitrogens with one attached hydrogen (secondary N) is 2. The van der Waals surface area contributed by atoms with Gasteiger partial charge in [-0.05, 0) is 38.1 Å². The molecule has 9 heteroatoms. The molecule has 0 aromatic heterocycles. The number of rotatable bonds is 5. The molecule has 116 valence electrons. The number of carbonyl (C=O) groups is 1. The Morgan fingerprint density at radius 2 is 1.91 bits per heavy atom. The van der Waals surface area contributed by atoms with Crippen LogP contribution in [0, 0.1) is 5.41 Å². The molecule has 7 nitrogen and oxygen atoms in total. The Bertz CT molecular complexity index is 631. The van der Waals surface area contributed by atoms with Crippen LogP contribution in [0.5, 0.6) is 0 Å². The van der Waals surface area contributed by atoms with E-state index >= 15 is 0 Å². The molecule has 2 rings (SSSR count). The number of nitrogens with zero attached hydrogens (tertiary/aromatic N) is 1. The Kier molecular flexibility index (Phi) is 6.28. The number of carbonyl (C=O) groups excluding carboxylic acids is 1. The SMILES string of the molecule is CC1(C)CN(c2ccc(NCCS(=O)(=O)[O-])cc2)NC1=O.[Na+]. The molecule has 0 radical (unpaired) electrons. The summed E-state index contributed by atoms with van der Waals surface area (Å²) in [6.45, 7) is 4.40. The maximum Gasteiger partial charge on any atom is 1.00 e. The predicted molar refractivity (Wildman–Crippen MR) is 78.8 cm³/mol. The monoisotopic (exact) mass is 335 g/mol. The second-order valence-corrected chi connectivity index (χ2v) is 7.17. The van der Waals surface area contributed by atoms with Crippen molar-refractivity contribution in [3.8, 4) is 0 Å². The van der Waals surface area contributed by atoms with Gasteiger partial charge in [-0.1, -0.05) is 0 Å². The van der Waals surface area contributed by atoms with E-state index in [1.807, 2.05) is 26.0 Å². The van der Waals surface area contributed by atoms with Gasteiger partial charge >= 0.3 is 29.6 Å². The summed E-state index contributed by atoms with van der Waals surface area (Å²) in [5.74, 6) is -0.476. The van der Waals surface area contributed by atoms with Gasteiger partial charge in [-0.2, -0.15) is 0 Å². The molecule has 0 unspecified atom stereocenters. The number of hydrazine groups is 1. The van der Waals surface area contributed by atoms with Crippen molar-refractivity contribution in [3.05, 3.63) is 24.3 Å². The second-order valence-electron chi connectivity index (χ2n) is 5.65. The largest absolute Gasteiger partial charge is 1.00 e. The minimum Gasteiger partial charge on any atom is -0.748 e. The van der Waals surface area contributed by atoms with Gasteiger partial charge in [0.15, 0.2) is 0 Å². The molecule has 0 atom stereocenters. The Balaban J connectivity index is 0.00000242. The van der Waals surface area contributed by atoms with Crippen LogP contribution in [0.15, 0.2) is 24.3 Å². The molecule has 0 aliphatic carbocycles. The Hall–Kier alpha value is -0.800. The van der Waals surface area contributed by atoms with Gasteiger partial charge < -0.3 is 9.87 Å². The first kappa shape index (κ1) is 19.2. The molecule has 1 saturated heterocycles. The molecule has 1 fully saturated rings. The maximum absolute atomic E-state index is 11.7. The summed E-state index contributed by atoms with van der Waals surface area (Å²) >= 11 is 0. The standard InChI is InChI=1S/C13H19N3O4S.Na/c1-13(2)9-16(15-12(13)17)11-5-3-10(4-6-11)14-7-8-21(18,19)20;/h3-6,14H,7-9H2,1-2H3,(H,15,17)(H,18,19,20);/q;+1/p-1. The summed E-state index contributed by atoms with van der Waals surface area (Å²) in [6.07, 6.45) is 0. The smallest absolute Gasteiger partial charge is 0.748 e. The van der Waals surface area contributed by atoms with Crippen molar-refractivity contribution in [1.82, 2.24) is 5.43 Å². The molecule has 1 heterocycles. The third-order valence-electron chi connectivity index (χ3n) is 3.26. The molecule has 1 aliphatic rings. The first-order valence-electron chi connectivity index (χ1n) is 6.53. The summed E-state index contributed by atoms with van der Waals surface area (Å²) in [5, 5.41) is 4.63. The molecule has 1 aromatic rings. The van der Waals surface area contributed by atoms with E-state index in [0.29, 0.717) is 12.2 Å². The van der Waals surface area contributed by atoms with Crippen LogP contribution >= 0.6 is 0 Å². The molecular weight excluding hydrogens is 317 g/mol. The van der Waals surface area contributed by atoms with Gasteiger partial charge in [0.05, 0.1) is 33.5 Å². The third-order valence-corrected chi connectivity index (χ3v) is 3.97. The Morgan fingerprint density at radius 3 is 2.36 bits per heavy atom. The van der Waals surface area contributed by atoms with E-state index in [2.05, 4.69) is 10.7 Å². The molecule has 1 amide bonds.